The summed E-state index contributed by atoms with van der Waals surface area (Å²) in [4.78, 5) is 8.62. The van der Waals surface area contributed by atoms with E-state index in [2.05, 4.69) is 15.3 Å². The summed E-state index contributed by atoms with van der Waals surface area (Å²) >= 11 is 7.52. The number of nitrogens with one attached hydrogen (secondary N) is 1. The third-order valence-electron chi connectivity index (χ3n) is 3.85. The van der Waals surface area contributed by atoms with Gasteiger partial charge in [0.1, 0.15) is 17.2 Å². The molecule has 4 rings (SSSR count). The van der Waals surface area contributed by atoms with E-state index >= 15 is 0 Å². The number of aliphatic hydroxyl groups is 1. The summed E-state index contributed by atoms with van der Waals surface area (Å²) in [5, 5.41) is 16.5. The molecule has 1 aromatic carbocycles. The van der Waals surface area contributed by atoms with Gasteiger partial charge in [0.05, 0.1) is 24.0 Å². The summed E-state index contributed by atoms with van der Waals surface area (Å²) in [6, 6.07) is 7.19. The lowest BCUT2D eigenvalue weighted by molar-refractivity contribution is 0.0319. The van der Waals surface area contributed by atoms with Crippen LogP contribution in [0.25, 0.3) is 11.6 Å². The van der Waals surface area contributed by atoms with Gasteiger partial charge < -0.3 is 19.9 Å². The van der Waals surface area contributed by atoms with Crippen molar-refractivity contribution < 1.29 is 14.6 Å². The number of rotatable bonds is 4. The average Bonchev–Trinajstić information content (AvgIpc) is 3.11. The fraction of sp³-hybridized carbons (Fsp3) is 0.111. The largest absolute Gasteiger partial charge is 0.494 e. The van der Waals surface area contributed by atoms with Gasteiger partial charge in [0.25, 0.3) is 0 Å². The predicted octanol–water partition coefficient (Wildman–Crippen LogP) is 4.20. The van der Waals surface area contributed by atoms with Crippen LogP contribution in [0.4, 0.5) is 10.8 Å². The van der Waals surface area contributed by atoms with E-state index in [1.54, 1.807) is 31.6 Å². The van der Waals surface area contributed by atoms with Gasteiger partial charge in [-0.25, -0.2) is 4.98 Å². The molecule has 1 aliphatic heterocycles. The summed E-state index contributed by atoms with van der Waals surface area (Å²) in [6.07, 6.45) is 4.01. The number of aliphatic hydroxyl groups excluding tert-OH is 1. The zero-order valence-electron chi connectivity index (χ0n) is 13.6. The molecule has 0 saturated heterocycles. The number of aromatic nitrogens is 2. The Balaban J connectivity index is 1.64. The number of hydrogen-bond acceptors (Lipinski definition) is 7. The minimum absolute atomic E-state index is 0.459. The lowest BCUT2D eigenvalue weighted by Crippen LogP contribution is -2.21. The van der Waals surface area contributed by atoms with Crippen LogP contribution < -0.4 is 14.8 Å². The van der Waals surface area contributed by atoms with Crippen molar-refractivity contribution in [2.24, 2.45) is 0 Å². The normalized spacial score (nSPS) is 15.7. The number of pyridine rings is 1. The Hall–Kier alpha value is -2.61. The zero-order chi connectivity index (χ0) is 18.1. The van der Waals surface area contributed by atoms with Crippen LogP contribution in [0.2, 0.25) is 5.02 Å². The fourth-order valence-corrected chi connectivity index (χ4v) is 3.57. The molecule has 8 heteroatoms. The van der Waals surface area contributed by atoms with E-state index in [1.807, 2.05) is 23.6 Å². The highest BCUT2D eigenvalue weighted by Crippen LogP contribution is 2.39. The van der Waals surface area contributed by atoms with Crippen LogP contribution in [0.15, 0.2) is 42.0 Å². The van der Waals surface area contributed by atoms with Gasteiger partial charge >= 0.3 is 0 Å². The van der Waals surface area contributed by atoms with Crippen LogP contribution in [-0.2, 0) is 0 Å². The van der Waals surface area contributed by atoms with E-state index in [0.717, 1.165) is 5.56 Å². The van der Waals surface area contributed by atoms with Crippen LogP contribution in [-0.4, -0.2) is 28.5 Å². The zero-order valence-corrected chi connectivity index (χ0v) is 15.2. The summed E-state index contributed by atoms with van der Waals surface area (Å²) in [5.41, 5.74) is 2.71. The quantitative estimate of drug-likeness (QED) is 0.698. The molecule has 1 unspecified atom stereocenters. The molecular formula is C18H14ClN3O3S. The predicted molar refractivity (Wildman–Crippen MR) is 102 cm³/mol. The van der Waals surface area contributed by atoms with Gasteiger partial charge in [0, 0.05) is 28.8 Å². The SMILES string of the molecule is COc1ccncc1Nc1nc(C2=Cc3cccc(Cl)c3OC2O)cs1. The molecule has 0 fully saturated rings. The Morgan fingerprint density at radius 3 is 3.08 bits per heavy atom. The van der Waals surface area contributed by atoms with Crippen LogP contribution in [0.5, 0.6) is 11.5 Å². The van der Waals surface area contributed by atoms with Crippen molar-refractivity contribution in [1.82, 2.24) is 9.97 Å². The number of fused-ring (bicyclic) bond motifs is 1. The number of nitrogens with zero attached hydrogens (tertiary/aromatic N) is 2. The standard InChI is InChI=1S/C18H14ClN3O3S/c1-24-15-5-6-20-8-13(15)21-18-22-14(9-26-18)11-7-10-3-2-4-12(19)16(10)25-17(11)23/h2-9,17,23H,1H3,(H,21,22). The lowest BCUT2D eigenvalue weighted by Gasteiger charge is -2.23. The van der Waals surface area contributed by atoms with Crippen molar-refractivity contribution >= 4 is 45.4 Å². The van der Waals surface area contributed by atoms with Crippen molar-refractivity contribution in [2.45, 2.75) is 6.29 Å². The Kier molecular flexibility index (Phi) is 4.50. The molecule has 0 saturated carbocycles. The number of ether oxygens (including phenoxy) is 2. The molecule has 1 atom stereocenters. The smallest absolute Gasteiger partial charge is 0.226 e. The van der Waals surface area contributed by atoms with Crippen molar-refractivity contribution in [1.29, 1.82) is 0 Å². The van der Waals surface area contributed by atoms with Crippen LogP contribution in [0.1, 0.15) is 11.3 Å². The maximum Gasteiger partial charge on any atom is 0.226 e. The monoisotopic (exact) mass is 387 g/mol. The second kappa shape index (κ2) is 6.95. The van der Waals surface area contributed by atoms with Crippen molar-refractivity contribution in [3.63, 3.8) is 0 Å². The first-order valence-electron chi connectivity index (χ1n) is 7.71. The minimum Gasteiger partial charge on any atom is -0.494 e. The Morgan fingerprint density at radius 1 is 1.35 bits per heavy atom. The molecule has 2 N–H and O–H groups in total. The summed E-state index contributed by atoms with van der Waals surface area (Å²) in [6.45, 7) is 0. The molecule has 26 heavy (non-hydrogen) atoms. The average molecular weight is 388 g/mol. The van der Waals surface area contributed by atoms with Crippen molar-refractivity contribution in [3.05, 3.63) is 58.3 Å². The Labute approximate surface area is 158 Å². The van der Waals surface area contributed by atoms with Crippen molar-refractivity contribution in [2.75, 3.05) is 12.4 Å². The molecule has 6 nitrogen and oxygen atoms in total. The number of methoxy groups -OCH3 is 1. The molecule has 132 valence electrons. The second-order valence-corrected chi connectivity index (χ2v) is 6.73. The van der Waals surface area contributed by atoms with E-state index in [4.69, 9.17) is 21.1 Å². The first-order chi connectivity index (χ1) is 12.7. The van der Waals surface area contributed by atoms with Crippen LogP contribution >= 0.6 is 22.9 Å². The Bertz CT molecular complexity index is 989. The molecule has 2 aromatic heterocycles. The maximum atomic E-state index is 10.3. The van der Waals surface area contributed by atoms with Gasteiger partial charge in [-0.3, -0.25) is 4.98 Å². The minimum atomic E-state index is -1.13. The molecule has 0 bridgehead atoms. The van der Waals surface area contributed by atoms with E-state index in [9.17, 15) is 5.11 Å². The highest BCUT2D eigenvalue weighted by Gasteiger charge is 2.25. The third kappa shape index (κ3) is 3.12. The molecule has 0 amide bonds. The Morgan fingerprint density at radius 2 is 2.23 bits per heavy atom. The lowest BCUT2D eigenvalue weighted by atomic mass is 10.0. The molecule has 0 radical (unpaired) electrons. The maximum absolute atomic E-state index is 10.3. The molecule has 1 aliphatic rings. The van der Waals surface area contributed by atoms with Gasteiger partial charge in [-0.15, -0.1) is 11.3 Å². The number of hydrogen-bond donors (Lipinski definition) is 2. The van der Waals surface area contributed by atoms with Gasteiger partial charge in [-0.1, -0.05) is 23.7 Å². The van der Waals surface area contributed by atoms with E-state index in [-0.39, 0.29) is 0 Å². The highest BCUT2D eigenvalue weighted by molar-refractivity contribution is 7.13. The van der Waals surface area contributed by atoms with E-state index < -0.39 is 6.29 Å². The molecule has 3 heterocycles. The molecule has 0 aliphatic carbocycles. The number of thiazole rings is 1. The molecule has 3 aromatic rings. The van der Waals surface area contributed by atoms with E-state index in [0.29, 0.717) is 38.6 Å². The number of para-hydroxylation sites is 1. The molecular weight excluding hydrogens is 374 g/mol. The molecule has 0 spiro atoms. The van der Waals surface area contributed by atoms with E-state index in [1.165, 1.54) is 11.3 Å². The van der Waals surface area contributed by atoms with Gasteiger partial charge in [0.2, 0.25) is 6.29 Å². The second-order valence-electron chi connectivity index (χ2n) is 5.47. The van der Waals surface area contributed by atoms with Gasteiger partial charge in [-0.2, -0.15) is 0 Å². The number of anilines is 2. The fourth-order valence-electron chi connectivity index (χ4n) is 2.61. The topological polar surface area (TPSA) is 76.5 Å². The van der Waals surface area contributed by atoms with Gasteiger partial charge in [0.15, 0.2) is 5.13 Å². The van der Waals surface area contributed by atoms with Crippen LogP contribution in [0.3, 0.4) is 0 Å². The number of halogens is 1. The van der Waals surface area contributed by atoms with Crippen LogP contribution in [0, 0.1) is 0 Å². The number of benzene rings is 1. The summed E-state index contributed by atoms with van der Waals surface area (Å²) in [5.74, 6) is 1.14. The first-order valence-corrected chi connectivity index (χ1v) is 8.97. The summed E-state index contributed by atoms with van der Waals surface area (Å²) < 4.78 is 10.9. The first kappa shape index (κ1) is 16.8. The highest BCUT2D eigenvalue weighted by atomic mass is 35.5. The third-order valence-corrected chi connectivity index (χ3v) is 4.90. The summed E-state index contributed by atoms with van der Waals surface area (Å²) in [7, 11) is 1.59. The van der Waals surface area contributed by atoms with Crippen molar-refractivity contribution in [3.8, 4) is 11.5 Å². The van der Waals surface area contributed by atoms with Gasteiger partial charge in [-0.05, 0) is 12.1 Å².